The molecule has 0 unspecified atom stereocenters. The summed E-state index contributed by atoms with van der Waals surface area (Å²) in [5, 5.41) is 0. The van der Waals surface area contributed by atoms with E-state index >= 15 is 0 Å². The van der Waals surface area contributed by atoms with E-state index in [0.717, 1.165) is 0 Å². The van der Waals surface area contributed by atoms with E-state index in [1.165, 1.54) is 54.1 Å². The molecule has 0 spiro atoms. The van der Waals surface area contributed by atoms with Gasteiger partial charge in [0.2, 0.25) is 0 Å². The van der Waals surface area contributed by atoms with Crippen LogP contribution in [0.25, 0.3) is 6.08 Å². The second kappa shape index (κ2) is 9.07. The highest BCUT2D eigenvalue weighted by atomic mass is 32.2. The van der Waals surface area contributed by atoms with Crippen molar-refractivity contribution in [3.05, 3.63) is 52.9 Å². The van der Waals surface area contributed by atoms with Crippen molar-refractivity contribution < 1.29 is 26.9 Å². The summed E-state index contributed by atoms with van der Waals surface area (Å²) in [5.41, 5.74) is 0.654. The average molecular weight is 466 g/mol. The third-order valence-electron chi connectivity index (χ3n) is 4.10. The summed E-state index contributed by atoms with van der Waals surface area (Å²) in [6, 6.07) is 10.6. The van der Waals surface area contributed by atoms with E-state index in [4.69, 9.17) is 25.9 Å². The highest BCUT2D eigenvalue weighted by Gasteiger charge is 2.28. The largest absolute Gasteiger partial charge is 0.497 e. The average Bonchev–Trinajstić information content (AvgIpc) is 2.96. The third-order valence-corrected chi connectivity index (χ3v) is 6.83. The Bertz CT molecular complexity index is 1110. The zero-order chi connectivity index (χ0) is 21.9. The van der Waals surface area contributed by atoms with Gasteiger partial charge in [0.25, 0.3) is 5.91 Å². The van der Waals surface area contributed by atoms with Gasteiger partial charge in [-0.3, -0.25) is 9.69 Å². The number of hydrogen-bond donors (Lipinski definition) is 0. The van der Waals surface area contributed by atoms with Crippen LogP contribution in [0.3, 0.4) is 0 Å². The second-order valence-electron chi connectivity index (χ2n) is 6.09. The molecule has 0 radical (unpaired) electrons. The van der Waals surface area contributed by atoms with E-state index in [0.29, 0.717) is 27.1 Å². The molecular formula is C20H19NO6S3. The Kier molecular flexibility index (Phi) is 6.69. The Labute approximate surface area is 184 Å². The number of hydrogen-bond acceptors (Lipinski definition) is 8. The molecule has 158 valence electrons. The molecule has 7 nitrogen and oxygen atoms in total. The highest BCUT2D eigenvalue weighted by molar-refractivity contribution is 8.26. The molecule has 0 N–H and O–H groups in total. The van der Waals surface area contributed by atoms with Gasteiger partial charge in [-0.25, -0.2) is 0 Å². The monoisotopic (exact) mass is 465 g/mol. The summed E-state index contributed by atoms with van der Waals surface area (Å²) >= 11 is 6.33. The van der Waals surface area contributed by atoms with Crippen molar-refractivity contribution >= 4 is 50.4 Å². The van der Waals surface area contributed by atoms with Crippen molar-refractivity contribution in [1.82, 2.24) is 4.90 Å². The summed E-state index contributed by atoms with van der Waals surface area (Å²) < 4.78 is 41.7. The highest BCUT2D eigenvalue weighted by Crippen LogP contribution is 2.35. The molecule has 1 aliphatic rings. The lowest BCUT2D eigenvalue weighted by atomic mass is 10.2. The molecule has 0 aromatic heterocycles. The second-order valence-corrected chi connectivity index (χ2v) is 9.31. The maximum atomic E-state index is 12.6. The van der Waals surface area contributed by atoms with Crippen LogP contribution in [0.1, 0.15) is 12.5 Å². The molecule has 1 amide bonds. The molecule has 0 atom stereocenters. The van der Waals surface area contributed by atoms with Gasteiger partial charge in [0, 0.05) is 7.05 Å². The van der Waals surface area contributed by atoms with E-state index in [2.05, 4.69) is 0 Å². The Balaban J connectivity index is 1.90. The lowest BCUT2D eigenvalue weighted by molar-refractivity contribution is -0.121. The van der Waals surface area contributed by atoms with Crippen LogP contribution in [0.5, 0.6) is 17.2 Å². The molecular weight excluding hydrogens is 446 g/mol. The van der Waals surface area contributed by atoms with Crippen molar-refractivity contribution in [3.8, 4) is 17.2 Å². The van der Waals surface area contributed by atoms with Gasteiger partial charge >= 0.3 is 10.1 Å². The van der Waals surface area contributed by atoms with Crippen LogP contribution in [0.2, 0.25) is 0 Å². The molecule has 1 aliphatic heterocycles. The number of thiocarbonyl (C=S) groups is 1. The molecule has 1 heterocycles. The topological polar surface area (TPSA) is 82.1 Å². The predicted molar refractivity (Wildman–Crippen MR) is 119 cm³/mol. The number of carbonyl (C=O) groups excluding carboxylic acids is 1. The Morgan fingerprint density at radius 2 is 1.83 bits per heavy atom. The molecule has 0 bridgehead atoms. The Morgan fingerprint density at radius 1 is 1.13 bits per heavy atom. The van der Waals surface area contributed by atoms with E-state index in [1.807, 2.05) is 0 Å². The minimum atomic E-state index is -4.07. The first-order valence-corrected chi connectivity index (χ1v) is 11.5. The minimum Gasteiger partial charge on any atom is -0.497 e. The van der Waals surface area contributed by atoms with Crippen LogP contribution in [-0.4, -0.2) is 44.3 Å². The molecule has 2 aromatic rings. The van der Waals surface area contributed by atoms with Crippen LogP contribution in [0.4, 0.5) is 0 Å². The number of carbonyl (C=O) groups is 1. The number of benzene rings is 2. The van der Waals surface area contributed by atoms with E-state index in [9.17, 15) is 13.2 Å². The molecule has 0 saturated carbocycles. The van der Waals surface area contributed by atoms with E-state index < -0.39 is 10.1 Å². The Morgan fingerprint density at radius 3 is 2.40 bits per heavy atom. The normalized spacial score (nSPS) is 15.6. The number of ether oxygens (including phenoxy) is 2. The van der Waals surface area contributed by atoms with Crippen molar-refractivity contribution in [1.29, 1.82) is 0 Å². The van der Waals surface area contributed by atoms with E-state index in [-0.39, 0.29) is 22.3 Å². The lowest BCUT2D eigenvalue weighted by Gasteiger charge is -2.13. The number of thioether (sulfide) groups is 1. The molecule has 2 aromatic carbocycles. The summed E-state index contributed by atoms with van der Waals surface area (Å²) in [7, 11) is -0.960. The fourth-order valence-electron chi connectivity index (χ4n) is 2.56. The smallest absolute Gasteiger partial charge is 0.339 e. The summed E-state index contributed by atoms with van der Waals surface area (Å²) in [6.45, 7) is 2.08. The van der Waals surface area contributed by atoms with Crippen LogP contribution in [-0.2, 0) is 14.9 Å². The minimum absolute atomic E-state index is 0.0126. The summed E-state index contributed by atoms with van der Waals surface area (Å²) in [4.78, 5) is 14.1. The first kappa shape index (κ1) is 22.1. The zero-order valence-corrected chi connectivity index (χ0v) is 18.9. The van der Waals surface area contributed by atoms with Crippen molar-refractivity contribution in [2.45, 2.75) is 11.8 Å². The number of likely N-dealkylation sites (N-methyl/N-ethyl adjacent to an activating group) is 1. The van der Waals surface area contributed by atoms with E-state index in [1.54, 1.807) is 32.2 Å². The van der Waals surface area contributed by atoms with Gasteiger partial charge in [0.1, 0.15) is 15.0 Å². The van der Waals surface area contributed by atoms with Gasteiger partial charge in [-0.15, -0.1) is 0 Å². The first-order valence-electron chi connectivity index (χ1n) is 8.82. The fraction of sp³-hybridized carbons (Fsp3) is 0.200. The third kappa shape index (κ3) is 4.77. The van der Waals surface area contributed by atoms with Crippen molar-refractivity contribution in [2.24, 2.45) is 0 Å². The quantitative estimate of drug-likeness (QED) is 0.348. The molecule has 1 saturated heterocycles. The summed E-state index contributed by atoms with van der Waals surface area (Å²) in [6.07, 6.45) is 1.67. The molecule has 3 rings (SSSR count). The van der Waals surface area contributed by atoms with Crippen LogP contribution in [0.15, 0.2) is 52.3 Å². The van der Waals surface area contributed by atoms with Gasteiger partial charge in [-0.05, 0) is 55.0 Å². The molecule has 0 aliphatic carbocycles. The predicted octanol–water partition coefficient (Wildman–Crippen LogP) is 3.69. The zero-order valence-electron chi connectivity index (χ0n) is 16.4. The maximum absolute atomic E-state index is 12.6. The standard InChI is InChI=1S/C20H19NO6S3/c1-4-26-17-11-13(12-18-19(22)21(2)20(28)29-18)5-10-16(17)27-30(23,24)15-8-6-14(25-3)7-9-15/h5-12H,4H2,1-3H3/b18-12+. The van der Waals surface area contributed by atoms with Gasteiger partial charge in [0.15, 0.2) is 11.5 Å². The first-order chi connectivity index (χ1) is 14.2. The van der Waals surface area contributed by atoms with Gasteiger partial charge < -0.3 is 13.7 Å². The van der Waals surface area contributed by atoms with Crippen molar-refractivity contribution in [2.75, 3.05) is 20.8 Å². The molecule has 10 heteroatoms. The number of amides is 1. The molecule has 1 fully saturated rings. The number of methoxy groups -OCH3 is 1. The van der Waals surface area contributed by atoms with Crippen LogP contribution < -0.4 is 13.7 Å². The summed E-state index contributed by atoms with van der Waals surface area (Å²) in [5.74, 6) is 0.638. The van der Waals surface area contributed by atoms with Gasteiger partial charge in [-0.2, -0.15) is 8.42 Å². The van der Waals surface area contributed by atoms with Crippen molar-refractivity contribution in [3.63, 3.8) is 0 Å². The molecule has 30 heavy (non-hydrogen) atoms. The van der Waals surface area contributed by atoms with Gasteiger partial charge in [-0.1, -0.05) is 30.0 Å². The number of rotatable bonds is 7. The van der Waals surface area contributed by atoms with Gasteiger partial charge in [0.05, 0.1) is 18.6 Å². The Hall–Kier alpha value is -2.56. The fourth-order valence-corrected chi connectivity index (χ4v) is 4.68. The maximum Gasteiger partial charge on any atom is 0.339 e. The van der Waals surface area contributed by atoms with Crippen LogP contribution in [0, 0.1) is 0 Å². The lowest BCUT2D eigenvalue weighted by Crippen LogP contribution is -2.22. The number of nitrogens with zero attached hydrogens (tertiary/aromatic N) is 1. The van der Waals surface area contributed by atoms with Crippen LogP contribution >= 0.6 is 24.0 Å². The SMILES string of the molecule is CCOc1cc(/C=C2/SC(=S)N(C)C2=O)ccc1OS(=O)(=O)c1ccc(OC)cc1.